The number of benzene rings is 7. The molecule has 7 aromatic rings. The van der Waals surface area contributed by atoms with Gasteiger partial charge in [-0.05, 0) is 78.9 Å². The van der Waals surface area contributed by atoms with Crippen molar-refractivity contribution in [2.75, 3.05) is 0 Å². The average molecular weight is 511 g/mol. The summed E-state index contributed by atoms with van der Waals surface area (Å²) >= 11 is 0. The van der Waals surface area contributed by atoms with Crippen LogP contribution in [-0.4, -0.2) is 0 Å². The Morgan fingerprint density at radius 3 is 1.43 bits per heavy atom. The van der Waals surface area contributed by atoms with Crippen LogP contribution >= 0.6 is 0 Å². The Labute approximate surface area is 236 Å². The van der Waals surface area contributed by atoms with Crippen LogP contribution in [0.1, 0.15) is 22.3 Å². The molecule has 0 aromatic heterocycles. The largest absolute Gasteiger partial charge is 0.0622 e. The van der Waals surface area contributed by atoms with E-state index in [0.717, 1.165) is 12.8 Å². The second-order valence-electron chi connectivity index (χ2n) is 10.5. The van der Waals surface area contributed by atoms with Gasteiger partial charge in [-0.15, -0.1) is 0 Å². The molecule has 0 aliphatic carbocycles. The van der Waals surface area contributed by atoms with Gasteiger partial charge in [0, 0.05) is 0 Å². The van der Waals surface area contributed by atoms with Crippen molar-refractivity contribution >= 4 is 21.5 Å². The highest BCUT2D eigenvalue weighted by Gasteiger charge is 2.18. The molecule has 0 amide bonds. The third kappa shape index (κ3) is 4.59. The molecule has 0 bridgehead atoms. The van der Waals surface area contributed by atoms with Crippen molar-refractivity contribution in [3.05, 3.63) is 180 Å². The standard InChI is InChI=1S/C40H30/c1-3-14-29(15-4-1)26-31-18-13-20-33(28-31)39-35-22-9-11-24-37(35)40(38-25-12-10-23-36(38)39)34-21-8-7-19-32(34)27-30-16-5-2-6-17-30/h1-25,28H,26-27H2. The number of hydrogen-bond acceptors (Lipinski definition) is 0. The minimum atomic E-state index is 0.906. The molecule has 7 rings (SSSR count). The highest BCUT2D eigenvalue weighted by molar-refractivity contribution is 6.21. The lowest BCUT2D eigenvalue weighted by molar-refractivity contribution is 1.19. The van der Waals surface area contributed by atoms with Crippen molar-refractivity contribution in [1.82, 2.24) is 0 Å². The molecule has 7 aromatic carbocycles. The van der Waals surface area contributed by atoms with E-state index >= 15 is 0 Å². The third-order valence-electron chi connectivity index (χ3n) is 7.92. The maximum Gasteiger partial charge on any atom is -0.00196 e. The number of hydrogen-bond donors (Lipinski definition) is 0. The van der Waals surface area contributed by atoms with Crippen LogP contribution in [0.5, 0.6) is 0 Å². The fourth-order valence-electron chi connectivity index (χ4n) is 6.13. The second-order valence-corrected chi connectivity index (χ2v) is 10.5. The lowest BCUT2D eigenvalue weighted by Gasteiger charge is -2.20. The average Bonchev–Trinajstić information content (AvgIpc) is 3.01. The summed E-state index contributed by atoms with van der Waals surface area (Å²) in [5, 5.41) is 5.18. The molecule has 190 valence electrons. The van der Waals surface area contributed by atoms with Gasteiger partial charge in [0.2, 0.25) is 0 Å². The minimum Gasteiger partial charge on any atom is -0.0622 e. The predicted molar refractivity (Wildman–Crippen MR) is 171 cm³/mol. The smallest absolute Gasteiger partial charge is 0.00196 e. The highest BCUT2D eigenvalue weighted by atomic mass is 14.2. The van der Waals surface area contributed by atoms with Crippen LogP contribution in [0.4, 0.5) is 0 Å². The molecule has 0 heterocycles. The van der Waals surface area contributed by atoms with Crippen LogP contribution in [0.3, 0.4) is 0 Å². The summed E-state index contributed by atoms with van der Waals surface area (Å²) in [6, 6.07) is 57.4. The van der Waals surface area contributed by atoms with Crippen molar-refractivity contribution in [2.24, 2.45) is 0 Å². The van der Waals surface area contributed by atoms with Crippen LogP contribution in [0.15, 0.2) is 158 Å². The van der Waals surface area contributed by atoms with Gasteiger partial charge in [0.1, 0.15) is 0 Å². The van der Waals surface area contributed by atoms with Gasteiger partial charge in [-0.3, -0.25) is 0 Å². The molecular formula is C40H30. The van der Waals surface area contributed by atoms with Crippen molar-refractivity contribution in [1.29, 1.82) is 0 Å². The topological polar surface area (TPSA) is 0 Å². The Bertz CT molecular complexity index is 1870. The van der Waals surface area contributed by atoms with E-state index in [4.69, 9.17) is 0 Å². The summed E-state index contributed by atoms with van der Waals surface area (Å²) in [6.07, 6.45) is 1.83. The van der Waals surface area contributed by atoms with E-state index in [1.165, 1.54) is 66.1 Å². The van der Waals surface area contributed by atoms with Crippen LogP contribution in [0.25, 0.3) is 43.8 Å². The Morgan fingerprint density at radius 2 is 0.800 bits per heavy atom. The van der Waals surface area contributed by atoms with E-state index in [1.807, 2.05) is 0 Å². The Kier molecular flexibility index (Phi) is 6.44. The van der Waals surface area contributed by atoms with Gasteiger partial charge in [-0.25, -0.2) is 0 Å². The summed E-state index contributed by atoms with van der Waals surface area (Å²) in [7, 11) is 0. The molecule has 0 aliphatic rings. The molecule has 0 fully saturated rings. The van der Waals surface area contributed by atoms with Crippen LogP contribution in [-0.2, 0) is 12.8 Å². The molecule has 40 heavy (non-hydrogen) atoms. The molecule has 0 N–H and O–H groups in total. The summed E-state index contributed by atoms with van der Waals surface area (Å²) in [5.74, 6) is 0. The van der Waals surface area contributed by atoms with Gasteiger partial charge < -0.3 is 0 Å². The fourth-order valence-corrected chi connectivity index (χ4v) is 6.13. The quantitative estimate of drug-likeness (QED) is 0.195. The number of rotatable bonds is 6. The molecule has 0 heteroatoms. The van der Waals surface area contributed by atoms with E-state index in [0.29, 0.717) is 0 Å². The first-order chi connectivity index (χ1) is 19.8. The fraction of sp³-hybridized carbons (Fsp3) is 0.0500. The minimum absolute atomic E-state index is 0.906. The first-order valence-electron chi connectivity index (χ1n) is 14.0. The van der Waals surface area contributed by atoms with E-state index in [1.54, 1.807) is 0 Å². The van der Waals surface area contributed by atoms with E-state index in [9.17, 15) is 0 Å². The SMILES string of the molecule is c1ccc(Cc2cccc(-c3c4ccccc4c(-c4ccccc4Cc4ccccc4)c4ccccc34)c2)cc1. The molecule has 0 radical (unpaired) electrons. The highest BCUT2D eigenvalue weighted by Crippen LogP contribution is 2.44. The molecule has 0 nitrogen and oxygen atoms in total. The molecule has 0 spiro atoms. The Morgan fingerprint density at radius 1 is 0.325 bits per heavy atom. The molecule has 0 saturated heterocycles. The van der Waals surface area contributed by atoms with Gasteiger partial charge in [0.25, 0.3) is 0 Å². The monoisotopic (exact) mass is 510 g/mol. The molecule has 0 aliphatic heterocycles. The first kappa shape index (κ1) is 24.1. The summed E-state index contributed by atoms with van der Waals surface area (Å²) in [4.78, 5) is 0. The summed E-state index contributed by atoms with van der Waals surface area (Å²) in [5.41, 5.74) is 10.5. The van der Waals surface area contributed by atoms with Gasteiger partial charge >= 0.3 is 0 Å². The molecule has 0 saturated carbocycles. The number of fused-ring (bicyclic) bond motifs is 2. The van der Waals surface area contributed by atoms with Crippen molar-refractivity contribution in [3.8, 4) is 22.3 Å². The van der Waals surface area contributed by atoms with Gasteiger partial charge in [-0.2, -0.15) is 0 Å². The lowest BCUT2D eigenvalue weighted by atomic mass is 9.83. The normalized spacial score (nSPS) is 11.2. The molecule has 0 atom stereocenters. The van der Waals surface area contributed by atoms with Crippen molar-refractivity contribution in [2.45, 2.75) is 12.8 Å². The maximum atomic E-state index is 2.38. The third-order valence-corrected chi connectivity index (χ3v) is 7.92. The van der Waals surface area contributed by atoms with E-state index < -0.39 is 0 Å². The van der Waals surface area contributed by atoms with Gasteiger partial charge in [0.05, 0.1) is 0 Å². The van der Waals surface area contributed by atoms with Gasteiger partial charge in [-0.1, -0.05) is 158 Å². The van der Waals surface area contributed by atoms with Crippen molar-refractivity contribution < 1.29 is 0 Å². The molecule has 0 unspecified atom stereocenters. The Hall–Kier alpha value is -4.94. The van der Waals surface area contributed by atoms with E-state index in [-0.39, 0.29) is 0 Å². The first-order valence-corrected chi connectivity index (χ1v) is 14.0. The molecular weight excluding hydrogens is 480 g/mol. The summed E-state index contributed by atoms with van der Waals surface area (Å²) in [6.45, 7) is 0. The van der Waals surface area contributed by atoms with Crippen molar-refractivity contribution in [3.63, 3.8) is 0 Å². The zero-order valence-corrected chi connectivity index (χ0v) is 22.4. The zero-order valence-electron chi connectivity index (χ0n) is 22.4. The Balaban J connectivity index is 1.45. The van der Waals surface area contributed by atoms with Gasteiger partial charge in [0.15, 0.2) is 0 Å². The van der Waals surface area contributed by atoms with Crippen LogP contribution in [0.2, 0.25) is 0 Å². The van der Waals surface area contributed by atoms with Crippen LogP contribution < -0.4 is 0 Å². The maximum absolute atomic E-state index is 2.38. The second kappa shape index (κ2) is 10.7. The van der Waals surface area contributed by atoms with E-state index in [2.05, 4.69) is 158 Å². The lowest BCUT2D eigenvalue weighted by Crippen LogP contribution is -1.96. The summed E-state index contributed by atoms with van der Waals surface area (Å²) < 4.78 is 0. The zero-order chi connectivity index (χ0) is 26.7. The predicted octanol–water partition coefficient (Wildman–Crippen LogP) is 10.5. The van der Waals surface area contributed by atoms with Crippen LogP contribution in [0, 0.1) is 0 Å².